The second kappa shape index (κ2) is 6.78. The molecule has 162 valence electrons. The molecule has 2 aromatic carbocycles. The number of rotatable bonds is 2. The van der Waals surface area contributed by atoms with Crippen molar-refractivity contribution < 1.29 is 14.6 Å². The van der Waals surface area contributed by atoms with Gasteiger partial charge in [-0.15, -0.1) is 0 Å². The van der Waals surface area contributed by atoms with Crippen LogP contribution in [0.5, 0.6) is 11.5 Å². The summed E-state index contributed by atoms with van der Waals surface area (Å²) < 4.78 is 7.91. The van der Waals surface area contributed by atoms with E-state index in [0.717, 1.165) is 25.7 Å². The van der Waals surface area contributed by atoms with Gasteiger partial charge in [0.1, 0.15) is 11.4 Å². The minimum absolute atomic E-state index is 0.0806. The van der Waals surface area contributed by atoms with Crippen LogP contribution in [0.2, 0.25) is 0 Å². The molecule has 0 unspecified atom stereocenters. The molecule has 1 aliphatic carbocycles. The molecule has 0 bridgehead atoms. The molecule has 1 aliphatic rings. The Balaban J connectivity index is 1.79. The fourth-order valence-electron chi connectivity index (χ4n) is 4.98. The predicted octanol–water partition coefficient (Wildman–Crippen LogP) is 4.50. The van der Waals surface area contributed by atoms with Crippen LogP contribution in [-0.4, -0.2) is 25.0 Å². The fraction of sp³-hybridized carbons (Fsp3) is 0.250. The number of aromatic hydroxyl groups is 2. The summed E-state index contributed by atoms with van der Waals surface area (Å²) in [6.07, 6.45) is 5.36. The average Bonchev–Trinajstić information content (AvgIpc) is 3.34. The third-order valence-electron chi connectivity index (χ3n) is 6.54. The highest BCUT2D eigenvalue weighted by atomic mass is 16.4. The molecule has 8 nitrogen and oxygen atoms in total. The second-order valence-electron chi connectivity index (χ2n) is 8.47. The molecule has 5 aromatic rings. The van der Waals surface area contributed by atoms with Crippen LogP contribution in [0.25, 0.3) is 44.2 Å². The molecule has 0 amide bonds. The van der Waals surface area contributed by atoms with Crippen LogP contribution in [0.1, 0.15) is 38.1 Å². The highest BCUT2D eigenvalue weighted by Crippen LogP contribution is 2.41. The Bertz CT molecular complexity index is 1610. The van der Waals surface area contributed by atoms with E-state index < -0.39 is 11.2 Å². The summed E-state index contributed by atoms with van der Waals surface area (Å²) in [5, 5.41) is 24.1. The molecule has 4 N–H and O–H groups in total. The summed E-state index contributed by atoms with van der Waals surface area (Å²) in [6, 6.07) is 9.62. The molecule has 8 heteroatoms. The van der Waals surface area contributed by atoms with E-state index in [1.807, 2.05) is 4.68 Å². The monoisotopic (exact) mass is 431 g/mol. The summed E-state index contributed by atoms with van der Waals surface area (Å²) >= 11 is 0. The van der Waals surface area contributed by atoms with Gasteiger partial charge in [-0.25, -0.2) is 0 Å². The minimum Gasteiger partial charge on any atom is -0.508 e. The summed E-state index contributed by atoms with van der Waals surface area (Å²) in [6.45, 7) is 0. The number of H-pyrrole nitrogens is 2. The third kappa shape index (κ3) is 2.62. The zero-order valence-electron chi connectivity index (χ0n) is 17.1. The van der Waals surface area contributed by atoms with Crippen LogP contribution in [-0.2, 0) is 0 Å². The lowest BCUT2D eigenvalue weighted by Crippen LogP contribution is -2.16. The lowest BCUT2D eigenvalue weighted by atomic mass is 9.95. The molecule has 6 rings (SSSR count). The first kappa shape index (κ1) is 18.8. The number of phenols is 2. The number of nitrogens with zero attached hydrogens (tertiary/aromatic N) is 1. The van der Waals surface area contributed by atoms with E-state index in [2.05, 4.69) is 10.1 Å². The van der Waals surface area contributed by atoms with E-state index in [0.29, 0.717) is 38.6 Å². The summed E-state index contributed by atoms with van der Waals surface area (Å²) in [7, 11) is 0. The summed E-state index contributed by atoms with van der Waals surface area (Å²) in [5.41, 5.74) is 2.13. The molecular formula is C24H21N3O5. The van der Waals surface area contributed by atoms with Gasteiger partial charge in [-0.1, -0.05) is 31.4 Å². The Morgan fingerprint density at radius 3 is 2.44 bits per heavy atom. The Kier molecular flexibility index (Phi) is 3.98. The fourth-order valence-corrected chi connectivity index (χ4v) is 4.98. The zero-order valence-corrected chi connectivity index (χ0v) is 17.1. The predicted molar refractivity (Wildman–Crippen MR) is 121 cm³/mol. The molecule has 1 saturated carbocycles. The van der Waals surface area contributed by atoms with Gasteiger partial charge in [0.2, 0.25) is 11.2 Å². The van der Waals surface area contributed by atoms with Crippen molar-refractivity contribution >= 4 is 33.1 Å². The van der Waals surface area contributed by atoms with Crippen molar-refractivity contribution in [1.82, 2.24) is 14.8 Å². The SMILES string of the molecule is O=c1ccc2c(oc3c(-c4ccc(O)cc4)c4c(=O)[nH]n(C5CCCCC5)c4[nH]c32)c1O. The zero-order chi connectivity index (χ0) is 22.0. The highest BCUT2D eigenvalue weighted by Gasteiger charge is 2.26. The lowest BCUT2D eigenvalue weighted by Gasteiger charge is -2.23. The standard InChI is InChI=1S/C24H21N3O5/c28-14-8-6-12(7-9-14)17-18-23(27(26-24(18)31)13-4-2-1-3-5-13)25-19-15-10-11-16(29)20(30)21(15)32-22(17)19/h6-11,13,25,28,30H,1-5H2,(H,26,31). The number of phenolic OH excluding ortho intramolecular Hbond substituents is 2. The van der Waals surface area contributed by atoms with E-state index in [-0.39, 0.29) is 22.9 Å². The van der Waals surface area contributed by atoms with Gasteiger partial charge >= 0.3 is 0 Å². The van der Waals surface area contributed by atoms with Gasteiger partial charge in [-0.3, -0.25) is 19.4 Å². The van der Waals surface area contributed by atoms with Gasteiger partial charge < -0.3 is 19.6 Å². The maximum atomic E-state index is 13.2. The van der Waals surface area contributed by atoms with Crippen molar-refractivity contribution in [1.29, 1.82) is 0 Å². The van der Waals surface area contributed by atoms with Gasteiger partial charge in [0.05, 0.1) is 16.9 Å². The van der Waals surface area contributed by atoms with Gasteiger partial charge in [0.15, 0.2) is 11.2 Å². The van der Waals surface area contributed by atoms with E-state index in [1.165, 1.54) is 12.5 Å². The van der Waals surface area contributed by atoms with Crippen molar-refractivity contribution in [3.05, 3.63) is 57.0 Å². The molecular weight excluding hydrogens is 410 g/mol. The van der Waals surface area contributed by atoms with Crippen LogP contribution in [0.3, 0.4) is 0 Å². The van der Waals surface area contributed by atoms with E-state index in [1.54, 1.807) is 30.3 Å². The van der Waals surface area contributed by atoms with Crippen molar-refractivity contribution in [2.24, 2.45) is 0 Å². The van der Waals surface area contributed by atoms with Gasteiger partial charge in [-0.2, -0.15) is 0 Å². The minimum atomic E-state index is -0.531. The van der Waals surface area contributed by atoms with Crippen molar-refractivity contribution in [2.45, 2.75) is 38.1 Å². The Morgan fingerprint density at radius 1 is 0.938 bits per heavy atom. The van der Waals surface area contributed by atoms with Crippen molar-refractivity contribution in [3.63, 3.8) is 0 Å². The Labute approximate surface area is 180 Å². The number of pyridine rings is 1. The molecule has 0 radical (unpaired) electrons. The first-order chi connectivity index (χ1) is 15.5. The molecule has 1 fully saturated rings. The average molecular weight is 431 g/mol. The smallest absolute Gasteiger partial charge is 0.274 e. The first-order valence-corrected chi connectivity index (χ1v) is 10.8. The molecule has 0 saturated heterocycles. The number of hydrogen-bond acceptors (Lipinski definition) is 5. The summed E-state index contributed by atoms with van der Waals surface area (Å²) in [4.78, 5) is 28.6. The van der Waals surface area contributed by atoms with Gasteiger partial charge in [-0.05, 0) is 42.7 Å². The molecule has 0 aliphatic heterocycles. The number of nitrogens with one attached hydrogen (secondary N) is 2. The first-order valence-electron chi connectivity index (χ1n) is 10.8. The molecule has 3 heterocycles. The van der Waals surface area contributed by atoms with Crippen LogP contribution >= 0.6 is 0 Å². The number of benzene rings is 2. The van der Waals surface area contributed by atoms with Gasteiger partial charge in [0.25, 0.3) is 5.56 Å². The number of aromatic amines is 2. The number of aromatic nitrogens is 3. The second-order valence-corrected chi connectivity index (χ2v) is 8.47. The molecule has 3 aromatic heterocycles. The van der Waals surface area contributed by atoms with Crippen molar-refractivity contribution in [3.8, 4) is 22.6 Å². The largest absolute Gasteiger partial charge is 0.508 e. The molecule has 0 spiro atoms. The number of furan rings is 1. The topological polar surface area (TPSA) is 124 Å². The van der Waals surface area contributed by atoms with Crippen LogP contribution in [0.4, 0.5) is 0 Å². The van der Waals surface area contributed by atoms with Crippen LogP contribution in [0, 0.1) is 0 Å². The Morgan fingerprint density at radius 2 is 1.69 bits per heavy atom. The quantitative estimate of drug-likeness (QED) is 0.328. The third-order valence-corrected chi connectivity index (χ3v) is 6.54. The molecule has 32 heavy (non-hydrogen) atoms. The Hall–Kier alpha value is -3.94. The van der Waals surface area contributed by atoms with Crippen LogP contribution < -0.4 is 11.0 Å². The van der Waals surface area contributed by atoms with Gasteiger partial charge in [0, 0.05) is 10.9 Å². The maximum absolute atomic E-state index is 13.2. The van der Waals surface area contributed by atoms with Crippen LogP contribution in [0.15, 0.2) is 50.4 Å². The highest BCUT2D eigenvalue weighted by molar-refractivity contribution is 6.15. The lowest BCUT2D eigenvalue weighted by molar-refractivity contribution is 0.335. The van der Waals surface area contributed by atoms with E-state index in [4.69, 9.17) is 4.42 Å². The summed E-state index contributed by atoms with van der Waals surface area (Å²) in [5.74, 6) is -0.354. The van der Waals surface area contributed by atoms with E-state index in [9.17, 15) is 19.8 Å². The van der Waals surface area contributed by atoms with E-state index >= 15 is 0 Å². The number of hydrogen-bond donors (Lipinski definition) is 4. The molecule has 0 atom stereocenters. The maximum Gasteiger partial charge on any atom is 0.274 e. The normalized spacial score (nSPS) is 15.2. The van der Waals surface area contributed by atoms with Crippen molar-refractivity contribution in [2.75, 3.05) is 0 Å². The number of fused-ring (bicyclic) bond motifs is 4.